The topological polar surface area (TPSA) is 41.6 Å². The van der Waals surface area contributed by atoms with Gasteiger partial charge in [-0.1, -0.05) is 45.1 Å². The van der Waals surface area contributed by atoms with Gasteiger partial charge in [0.05, 0.1) is 18.7 Å². The molecule has 1 aliphatic carbocycles. The molecule has 2 aliphatic rings. The first-order chi connectivity index (χ1) is 17.0. The van der Waals surface area contributed by atoms with Crippen molar-refractivity contribution in [1.29, 1.82) is 0 Å². The van der Waals surface area contributed by atoms with E-state index in [0.717, 1.165) is 24.1 Å². The molecule has 0 bridgehead atoms. The highest BCUT2D eigenvalue weighted by molar-refractivity contribution is 5.80. The van der Waals surface area contributed by atoms with Gasteiger partial charge < -0.3 is 15.0 Å². The van der Waals surface area contributed by atoms with E-state index in [9.17, 15) is 22.4 Å². The van der Waals surface area contributed by atoms with Gasteiger partial charge in [0, 0.05) is 24.7 Å². The van der Waals surface area contributed by atoms with Gasteiger partial charge in [0.25, 0.3) is 0 Å². The monoisotopic (exact) mass is 502 g/mol. The van der Waals surface area contributed by atoms with Crippen molar-refractivity contribution >= 4 is 6.03 Å². The van der Waals surface area contributed by atoms with Crippen molar-refractivity contribution in [1.82, 2.24) is 10.2 Å². The second kappa shape index (κ2) is 9.99. The number of methoxy groups -OCH3 is 1. The number of hydrogen-bond donors (Lipinski definition) is 1. The van der Waals surface area contributed by atoms with Gasteiger partial charge in [-0.05, 0) is 58.7 Å². The summed E-state index contributed by atoms with van der Waals surface area (Å²) in [4.78, 5) is 14.5. The zero-order valence-electron chi connectivity index (χ0n) is 20.7. The number of ether oxygens (including phenoxy) is 1. The quantitative estimate of drug-likeness (QED) is 0.424. The Labute approximate surface area is 208 Å². The minimum absolute atomic E-state index is 0.144. The number of hydrogen-bond acceptors (Lipinski definition) is 2. The van der Waals surface area contributed by atoms with E-state index in [0.29, 0.717) is 28.8 Å². The molecule has 0 saturated carbocycles. The Bertz CT molecular complexity index is 1220. The summed E-state index contributed by atoms with van der Waals surface area (Å²) in [7, 11) is 1.39. The largest absolute Gasteiger partial charge is 0.496 e. The van der Waals surface area contributed by atoms with Crippen molar-refractivity contribution in [3.8, 4) is 16.9 Å². The molecule has 0 radical (unpaired) electrons. The summed E-state index contributed by atoms with van der Waals surface area (Å²) in [6.07, 6.45) is 2.34. The standard InChI is InChI=1S/C28H30F4N2O2/c1-16(2)21-12-23(26(36-4)13-24(21)29)20-10-9-19(28(30,31)32)11-22(20)25-15-34(27(35)33-25)14-18-8-6-5-7-17(18)3/h5-6,8-13,16-17,25H,7,14-15H2,1-4H3,(H,33,35). The summed E-state index contributed by atoms with van der Waals surface area (Å²) < 4.78 is 61.1. The highest BCUT2D eigenvalue weighted by atomic mass is 19.4. The molecule has 1 aliphatic heterocycles. The fraction of sp³-hybridized carbons (Fsp3) is 0.393. The maximum absolute atomic E-state index is 14.7. The van der Waals surface area contributed by atoms with E-state index < -0.39 is 23.6 Å². The molecular formula is C28H30F4N2O2. The number of allylic oxidation sites excluding steroid dienone is 3. The molecule has 0 aromatic heterocycles. The third kappa shape index (κ3) is 5.13. The Morgan fingerprint density at radius 2 is 1.92 bits per heavy atom. The van der Waals surface area contributed by atoms with Gasteiger partial charge in [0.2, 0.25) is 0 Å². The minimum Gasteiger partial charge on any atom is -0.496 e. The first-order valence-corrected chi connectivity index (χ1v) is 12.0. The number of carbonyl (C=O) groups is 1. The van der Waals surface area contributed by atoms with Crippen molar-refractivity contribution in [2.24, 2.45) is 5.92 Å². The number of amides is 2. The van der Waals surface area contributed by atoms with Crippen LogP contribution in [0.2, 0.25) is 0 Å². The molecule has 1 N–H and O–H groups in total. The predicted octanol–water partition coefficient (Wildman–Crippen LogP) is 7.23. The number of urea groups is 1. The number of rotatable bonds is 6. The predicted molar refractivity (Wildman–Crippen MR) is 131 cm³/mol. The molecule has 2 atom stereocenters. The molecular weight excluding hydrogens is 472 g/mol. The molecule has 0 spiro atoms. The van der Waals surface area contributed by atoms with E-state index in [1.807, 2.05) is 26.0 Å². The highest BCUT2D eigenvalue weighted by Gasteiger charge is 2.36. The third-order valence-corrected chi connectivity index (χ3v) is 6.92. The van der Waals surface area contributed by atoms with Gasteiger partial charge in [0.1, 0.15) is 11.6 Å². The van der Waals surface area contributed by atoms with Crippen LogP contribution in [0.4, 0.5) is 22.4 Å². The Kier molecular flexibility index (Phi) is 7.16. The van der Waals surface area contributed by atoms with Crippen LogP contribution >= 0.6 is 0 Å². The van der Waals surface area contributed by atoms with E-state index in [1.54, 1.807) is 11.0 Å². The van der Waals surface area contributed by atoms with Gasteiger partial charge in [0.15, 0.2) is 0 Å². The fourth-order valence-corrected chi connectivity index (χ4v) is 4.79. The van der Waals surface area contributed by atoms with E-state index in [-0.39, 0.29) is 30.2 Å². The van der Waals surface area contributed by atoms with Crippen LogP contribution in [0.25, 0.3) is 11.1 Å². The van der Waals surface area contributed by atoms with Crippen molar-refractivity contribution in [2.75, 3.05) is 20.2 Å². The van der Waals surface area contributed by atoms with Gasteiger partial charge in [-0.2, -0.15) is 13.2 Å². The minimum atomic E-state index is -4.56. The molecule has 4 rings (SSSR count). The van der Waals surface area contributed by atoms with Crippen molar-refractivity contribution in [3.63, 3.8) is 0 Å². The first-order valence-electron chi connectivity index (χ1n) is 12.0. The van der Waals surface area contributed by atoms with Crippen LogP contribution in [0.15, 0.2) is 54.1 Å². The molecule has 2 aromatic carbocycles. The summed E-state index contributed by atoms with van der Waals surface area (Å²) in [6.45, 7) is 6.38. The lowest BCUT2D eigenvalue weighted by molar-refractivity contribution is -0.137. The molecule has 1 fully saturated rings. The SMILES string of the molecule is COc1cc(F)c(C(C)C)cc1-c1ccc(C(F)(F)F)cc1C1CN(CC2=CC=CCC2C)C(=O)N1. The maximum Gasteiger partial charge on any atom is 0.416 e. The van der Waals surface area contributed by atoms with Crippen molar-refractivity contribution in [2.45, 2.75) is 45.3 Å². The Morgan fingerprint density at radius 3 is 2.56 bits per heavy atom. The van der Waals surface area contributed by atoms with Gasteiger partial charge in [-0.25, -0.2) is 9.18 Å². The number of nitrogens with one attached hydrogen (secondary N) is 1. The van der Waals surface area contributed by atoms with Crippen LogP contribution in [0.1, 0.15) is 55.8 Å². The van der Waals surface area contributed by atoms with Crippen LogP contribution in [0, 0.1) is 11.7 Å². The van der Waals surface area contributed by atoms with E-state index >= 15 is 0 Å². The van der Waals surface area contributed by atoms with Crippen LogP contribution in [-0.4, -0.2) is 31.1 Å². The van der Waals surface area contributed by atoms with Crippen LogP contribution in [0.5, 0.6) is 5.75 Å². The maximum atomic E-state index is 14.7. The van der Waals surface area contributed by atoms with Crippen molar-refractivity contribution in [3.05, 3.63) is 76.6 Å². The number of benzene rings is 2. The second-order valence-electron chi connectivity index (χ2n) is 9.72. The Morgan fingerprint density at radius 1 is 1.17 bits per heavy atom. The van der Waals surface area contributed by atoms with E-state index in [1.165, 1.54) is 19.2 Å². The summed E-state index contributed by atoms with van der Waals surface area (Å²) in [5.74, 6) is -0.0895. The molecule has 1 saturated heterocycles. The smallest absolute Gasteiger partial charge is 0.416 e. The van der Waals surface area contributed by atoms with Gasteiger partial charge in [-0.15, -0.1) is 0 Å². The molecule has 2 unspecified atom stereocenters. The molecule has 2 aromatic rings. The number of carbonyl (C=O) groups excluding carboxylic acids is 1. The first kappa shape index (κ1) is 25.8. The molecule has 8 heteroatoms. The second-order valence-corrected chi connectivity index (χ2v) is 9.72. The van der Waals surface area contributed by atoms with Crippen molar-refractivity contribution < 1.29 is 27.1 Å². The van der Waals surface area contributed by atoms with Gasteiger partial charge >= 0.3 is 12.2 Å². The third-order valence-electron chi connectivity index (χ3n) is 6.92. The average molecular weight is 503 g/mol. The van der Waals surface area contributed by atoms with E-state index in [4.69, 9.17) is 4.74 Å². The summed E-state index contributed by atoms with van der Waals surface area (Å²) in [5.41, 5.74) is 1.97. The van der Waals surface area contributed by atoms with Crippen LogP contribution < -0.4 is 10.1 Å². The fourth-order valence-electron chi connectivity index (χ4n) is 4.79. The lowest BCUT2D eigenvalue weighted by Gasteiger charge is -2.23. The molecule has 1 heterocycles. The Balaban J connectivity index is 1.78. The molecule has 2 amide bonds. The molecule has 4 nitrogen and oxygen atoms in total. The van der Waals surface area contributed by atoms with Gasteiger partial charge in [-0.3, -0.25) is 0 Å². The van der Waals surface area contributed by atoms with Crippen LogP contribution in [-0.2, 0) is 6.18 Å². The number of alkyl halides is 3. The molecule has 192 valence electrons. The summed E-state index contributed by atoms with van der Waals surface area (Å²) in [5, 5.41) is 2.86. The lowest BCUT2D eigenvalue weighted by Crippen LogP contribution is -2.31. The zero-order chi connectivity index (χ0) is 26.2. The average Bonchev–Trinajstić information content (AvgIpc) is 3.19. The summed E-state index contributed by atoms with van der Waals surface area (Å²) >= 11 is 0. The molecule has 36 heavy (non-hydrogen) atoms. The van der Waals surface area contributed by atoms with E-state index in [2.05, 4.69) is 18.3 Å². The number of halogens is 4. The Hall–Kier alpha value is -3.29. The zero-order valence-corrected chi connectivity index (χ0v) is 20.7. The lowest BCUT2D eigenvalue weighted by atomic mass is 9.89. The number of nitrogens with zero attached hydrogens (tertiary/aromatic N) is 1. The normalized spacial score (nSPS) is 20.1. The summed E-state index contributed by atoms with van der Waals surface area (Å²) in [6, 6.07) is 5.33. The highest BCUT2D eigenvalue weighted by Crippen LogP contribution is 2.42. The van der Waals surface area contributed by atoms with Crippen LogP contribution in [0.3, 0.4) is 0 Å².